The lowest BCUT2D eigenvalue weighted by Crippen LogP contribution is -1.94. The molecule has 30 heavy (non-hydrogen) atoms. The van der Waals surface area contributed by atoms with Gasteiger partial charge in [-0.25, -0.2) is 0 Å². The third-order valence-electron chi connectivity index (χ3n) is 4.63. The summed E-state index contributed by atoms with van der Waals surface area (Å²) in [6.07, 6.45) is 0. The Morgan fingerprint density at radius 3 is 0.967 bits per heavy atom. The predicted octanol–water partition coefficient (Wildman–Crippen LogP) is 2.92. The lowest BCUT2D eigenvalue weighted by atomic mass is 9.91. The third kappa shape index (κ3) is 2.25. The van der Waals surface area contributed by atoms with Crippen molar-refractivity contribution < 1.29 is 0 Å². The minimum absolute atomic E-state index is 0.0362. The van der Waals surface area contributed by atoms with Gasteiger partial charge in [-0.3, -0.25) is 0 Å². The summed E-state index contributed by atoms with van der Waals surface area (Å²) in [6, 6.07) is 17.0. The molecule has 0 aromatic heterocycles. The normalized spacial score (nSPS) is 12.7. The molecule has 0 spiro atoms. The van der Waals surface area contributed by atoms with Crippen molar-refractivity contribution >= 4 is 22.3 Å². The Morgan fingerprint density at radius 1 is 0.433 bits per heavy atom. The molecule has 0 bridgehead atoms. The number of allylic oxidation sites excluding steroid dienone is 8. The molecule has 0 atom stereocenters. The molecule has 8 heteroatoms. The Hall–Kier alpha value is -5.90. The third-order valence-corrected chi connectivity index (χ3v) is 4.63. The smallest absolute Gasteiger partial charge is 0.138 e. The molecule has 130 valence electrons. The minimum Gasteiger partial charge on any atom is -0.192 e. The second-order valence-electron chi connectivity index (χ2n) is 5.84. The van der Waals surface area contributed by atoms with Crippen molar-refractivity contribution in [3.05, 3.63) is 56.7 Å². The first-order valence-corrected chi connectivity index (χ1v) is 7.94. The van der Waals surface area contributed by atoms with Crippen LogP contribution < -0.4 is 0 Å². The molecule has 0 fully saturated rings. The van der Waals surface area contributed by atoms with Crippen LogP contribution in [0, 0.1) is 90.6 Å². The highest BCUT2D eigenvalue weighted by atomic mass is 14.4. The van der Waals surface area contributed by atoms with Crippen LogP contribution >= 0.6 is 0 Å². The molecule has 2 aliphatic carbocycles. The lowest BCUT2D eigenvalue weighted by Gasteiger charge is -2.08. The molecule has 8 nitrogen and oxygen atoms in total. The van der Waals surface area contributed by atoms with Crippen LogP contribution in [0.2, 0.25) is 0 Å². The maximum atomic E-state index is 9.59. The zero-order valence-corrected chi connectivity index (χ0v) is 14.7. The van der Waals surface area contributed by atoms with Crippen molar-refractivity contribution in [2.75, 3.05) is 0 Å². The van der Waals surface area contributed by atoms with Gasteiger partial charge in [0.05, 0.1) is 22.3 Å². The number of hydrogen-bond donors (Lipinski definition) is 0. The average molecular weight is 378 g/mol. The summed E-state index contributed by atoms with van der Waals surface area (Å²) in [7, 11) is 0. The number of nitriles is 8. The second-order valence-corrected chi connectivity index (χ2v) is 5.84. The second kappa shape index (κ2) is 7.02. The molecule has 3 rings (SSSR count). The van der Waals surface area contributed by atoms with Crippen LogP contribution in [0.5, 0.6) is 0 Å². The van der Waals surface area contributed by atoms with Crippen molar-refractivity contribution in [1.82, 2.24) is 0 Å². The van der Waals surface area contributed by atoms with E-state index in [1.807, 2.05) is 24.3 Å². The van der Waals surface area contributed by atoms with Gasteiger partial charge in [-0.05, 0) is 23.3 Å². The highest BCUT2D eigenvalue weighted by molar-refractivity contribution is 6.14. The maximum absolute atomic E-state index is 9.59. The van der Waals surface area contributed by atoms with Gasteiger partial charge in [-0.1, -0.05) is 0 Å². The fourth-order valence-electron chi connectivity index (χ4n) is 3.46. The van der Waals surface area contributed by atoms with Crippen molar-refractivity contribution in [3.63, 3.8) is 0 Å². The van der Waals surface area contributed by atoms with Crippen molar-refractivity contribution in [1.29, 1.82) is 42.1 Å². The van der Waals surface area contributed by atoms with Gasteiger partial charge in [0.15, 0.2) is 0 Å². The van der Waals surface area contributed by atoms with E-state index in [2.05, 4.69) is 0 Å². The van der Waals surface area contributed by atoms with Crippen molar-refractivity contribution in [3.8, 4) is 48.6 Å². The largest absolute Gasteiger partial charge is 0.192 e. The standard InChI is InChI=1S/C22H2N8/c23-3-11(4-24)21-15-1-13-16(2-14(15)18(8-28)20(21)10-30)22(12(5-25)6-26)19(9-29)17(13)7-27/h1-2H. The number of rotatable bonds is 0. The molecule has 0 unspecified atom stereocenters. The van der Waals surface area contributed by atoms with E-state index in [9.17, 15) is 42.1 Å². The Balaban J connectivity index is 2.59. The molecule has 0 saturated carbocycles. The van der Waals surface area contributed by atoms with E-state index >= 15 is 0 Å². The summed E-state index contributed by atoms with van der Waals surface area (Å²) >= 11 is 0. The van der Waals surface area contributed by atoms with E-state index in [0.717, 1.165) is 0 Å². The first-order chi connectivity index (χ1) is 14.6. The van der Waals surface area contributed by atoms with Gasteiger partial charge in [0.2, 0.25) is 0 Å². The lowest BCUT2D eigenvalue weighted by molar-refractivity contribution is 1.44. The summed E-state index contributed by atoms with van der Waals surface area (Å²) in [5.41, 5.74) is -0.523. The first-order valence-electron chi connectivity index (χ1n) is 7.94. The molecule has 0 N–H and O–H groups in total. The highest BCUT2D eigenvalue weighted by Crippen LogP contribution is 2.49. The molecule has 0 radical (unpaired) electrons. The van der Waals surface area contributed by atoms with Crippen LogP contribution in [0.3, 0.4) is 0 Å². The van der Waals surface area contributed by atoms with Crippen LogP contribution in [0.4, 0.5) is 0 Å². The number of nitrogens with zero attached hydrogens (tertiary/aromatic N) is 8. The summed E-state index contributed by atoms with van der Waals surface area (Å²) in [6.45, 7) is 0. The van der Waals surface area contributed by atoms with E-state index in [0.29, 0.717) is 0 Å². The molecule has 0 saturated heterocycles. The molecule has 0 aliphatic heterocycles. The van der Waals surface area contributed by atoms with Gasteiger partial charge >= 0.3 is 0 Å². The zero-order chi connectivity index (χ0) is 22.0. The summed E-state index contributed by atoms with van der Waals surface area (Å²) < 4.78 is 0. The highest BCUT2D eigenvalue weighted by Gasteiger charge is 2.36. The Bertz CT molecular complexity index is 1400. The van der Waals surface area contributed by atoms with Crippen LogP contribution in [0.25, 0.3) is 22.3 Å². The summed E-state index contributed by atoms with van der Waals surface area (Å²) in [5.74, 6) is 0. The Kier molecular flexibility index (Phi) is 4.42. The number of benzene rings is 1. The van der Waals surface area contributed by atoms with Crippen molar-refractivity contribution in [2.45, 2.75) is 0 Å². The van der Waals surface area contributed by atoms with Gasteiger partial charge < -0.3 is 0 Å². The van der Waals surface area contributed by atoms with Gasteiger partial charge in [-0.2, -0.15) is 42.1 Å². The van der Waals surface area contributed by atoms with Gasteiger partial charge in [0.25, 0.3) is 0 Å². The van der Waals surface area contributed by atoms with E-state index in [4.69, 9.17) is 0 Å². The summed E-state index contributed by atoms with van der Waals surface area (Å²) in [4.78, 5) is 0. The van der Waals surface area contributed by atoms with Crippen LogP contribution in [0.15, 0.2) is 34.4 Å². The molecule has 0 amide bonds. The van der Waals surface area contributed by atoms with Crippen LogP contribution in [-0.4, -0.2) is 0 Å². The molecular weight excluding hydrogens is 376 g/mol. The Morgan fingerprint density at radius 2 is 0.733 bits per heavy atom. The monoisotopic (exact) mass is 378 g/mol. The zero-order valence-electron chi connectivity index (χ0n) is 14.7. The van der Waals surface area contributed by atoms with Crippen LogP contribution in [-0.2, 0) is 0 Å². The quantitative estimate of drug-likeness (QED) is 0.615. The molecule has 0 heterocycles. The molecule has 2 aliphatic rings. The molecule has 1 aromatic rings. The SMILES string of the molecule is N#CC(C#N)=C1C(C#N)=C(C#N)c2cc3c(cc21)C(C#N)=C(C#N)C3=C(C#N)C#N. The molecular formula is C22H2N8. The fraction of sp³-hybridized carbons (Fsp3) is 0. The summed E-state index contributed by atoms with van der Waals surface area (Å²) in [5, 5.41) is 75.5. The van der Waals surface area contributed by atoms with Crippen LogP contribution in [0.1, 0.15) is 22.3 Å². The maximum Gasteiger partial charge on any atom is 0.138 e. The predicted molar refractivity (Wildman–Crippen MR) is 99.0 cm³/mol. The van der Waals surface area contributed by atoms with E-state index < -0.39 is 0 Å². The first kappa shape index (κ1) is 18.9. The van der Waals surface area contributed by atoms with Gasteiger partial charge in [0.1, 0.15) is 59.7 Å². The van der Waals surface area contributed by atoms with Gasteiger partial charge in [-0.15, -0.1) is 0 Å². The van der Waals surface area contributed by atoms with E-state index in [1.54, 1.807) is 24.3 Å². The average Bonchev–Trinajstić information content (AvgIpc) is 3.25. The topological polar surface area (TPSA) is 190 Å². The fourth-order valence-corrected chi connectivity index (χ4v) is 3.46. The van der Waals surface area contributed by atoms with E-state index in [1.165, 1.54) is 12.1 Å². The van der Waals surface area contributed by atoms with Crippen molar-refractivity contribution in [2.24, 2.45) is 0 Å². The van der Waals surface area contributed by atoms with E-state index in [-0.39, 0.29) is 66.8 Å². The van der Waals surface area contributed by atoms with Gasteiger partial charge in [0, 0.05) is 22.3 Å². The Labute approximate surface area is 170 Å². The minimum atomic E-state index is -0.385. The number of hydrogen-bond acceptors (Lipinski definition) is 8. The molecule has 1 aromatic carbocycles. The number of fused-ring (bicyclic) bond motifs is 2.